The largest absolute Gasteiger partial charge is 0.370 e. The minimum atomic E-state index is -0.0878. The predicted molar refractivity (Wildman–Crippen MR) is 84.3 cm³/mol. The van der Waals surface area contributed by atoms with Gasteiger partial charge < -0.3 is 11.1 Å². The second-order valence-corrected chi connectivity index (χ2v) is 5.41. The molecular formula is C13H16Cl2N6. The lowest BCUT2D eigenvalue weighted by molar-refractivity contribution is 0.703. The average molecular weight is 327 g/mol. The first-order valence-corrected chi connectivity index (χ1v) is 7.07. The Hall–Kier alpha value is -1.79. The van der Waals surface area contributed by atoms with Crippen molar-refractivity contribution in [1.29, 1.82) is 0 Å². The Bertz CT molecular complexity index is 652. The Kier molecular flexibility index (Phi) is 5.03. The number of hydrogen-bond acceptors (Lipinski definition) is 3. The number of aromatic nitrogens is 3. The van der Waals surface area contributed by atoms with Crippen molar-refractivity contribution in [2.24, 2.45) is 17.8 Å². The number of hydrogen-bond donors (Lipinski definition) is 2. The van der Waals surface area contributed by atoms with Gasteiger partial charge in [0.15, 0.2) is 11.8 Å². The van der Waals surface area contributed by atoms with E-state index in [1.807, 2.05) is 13.0 Å². The summed E-state index contributed by atoms with van der Waals surface area (Å²) in [7, 11) is 1.80. The van der Waals surface area contributed by atoms with E-state index in [9.17, 15) is 0 Å². The molecule has 3 N–H and O–H groups in total. The molecule has 0 bridgehead atoms. The molecule has 21 heavy (non-hydrogen) atoms. The lowest BCUT2D eigenvalue weighted by atomic mass is 10.1. The first kappa shape index (κ1) is 15.6. The summed E-state index contributed by atoms with van der Waals surface area (Å²) in [6, 6.07) is 5.25. The quantitative estimate of drug-likeness (QED) is 0.667. The van der Waals surface area contributed by atoms with Gasteiger partial charge in [-0.25, -0.2) is 9.98 Å². The van der Waals surface area contributed by atoms with Crippen LogP contribution in [-0.4, -0.2) is 20.7 Å². The molecular weight excluding hydrogens is 311 g/mol. The van der Waals surface area contributed by atoms with Crippen LogP contribution in [0.15, 0.2) is 29.5 Å². The van der Waals surface area contributed by atoms with Gasteiger partial charge in [0, 0.05) is 17.1 Å². The van der Waals surface area contributed by atoms with Crippen LogP contribution in [-0.2, 0) is 13.6 Å². The number of halogens is 2. The van der Waals surface area contributed by atoms with Gasteiger partial charge in [0.25, 0.3) is 0 Å². The van der Waals surface area contributed by atoms with Crippen LogP contribution in [0.2, 0.25) is 10.0 Å². The molecule has 0 aliphatic rings. The second-order valence-electron chi connectivity index (χ2n) is 4.57. The van der Waals surface area contributed by atoms with Crippen molar-refractivity contribution < 1.29 is 0 Å². The third kappa shape index (κ3) is 4.34. The molecule has 112 valence electrons. The monoisotopic (exact) mass is 326 g/mol. The number of nitrogens with zero attached hydrogens (tertiary/aromatic N) is 4. The summed E-state index contributed by atoms with van der Waals surface area (Å²) in [6.45, 7) is 2.26. The van der Waals surface area contributed by atoms with Gasteiger partial charge in [-0.15, -0.1) is 0 Å². The number of guanidine groups is 1. The van der Waals surface area contributed by atoms with E-state index in [1.165, 1.54) is 0 Å². The van der Waals surface area contributed by atoms with E-state index in [2.05, 4.69) is 20.4 Å². The first-order valence-electron chi connectivity index (χ1n) is 6.31. The van der Waals surface area contributed by atoms with Gasteiger partial charge in [-0.1, -0.05) is 29.3 Å². The number of aryl methyl sites for hydroxylation is 1. The minimum Gasteiger partial charge on any atom is -0.370 e. The van der Waals surface area contributed by atoms with Crippen LogP contribution < -0.4 is 11.1 Å². The Morgan fingerprint density at radius 1 is 1.48 bits per heavy atom. The predicted octanol–water partition coefficient (Wildman–Crippen LogP) is 2.29. The molecule has 1 aromatic heterocycles. The summed E-state index contributed by atoms with van der Waals surface area (Å²) in [5.41, 5.74) is 6.75. The summed E-state index contributed by atoms with van der Waals surface area (Å²) in [5.74, 6) is 0.917. The molecule has 1 atom stereocenters. The molecule has 0 amide bonds. The molecule has 0 spiro atoms. The van der Waals surface area contributed by atoms with Gasteiger partial charge in [0.1, 0.15) is 12.9 Å². The fraction of sp³-hybridized carbons (Fsp3) is 0.308. The molecule has 2 rings (SSSR count). The highest BCUT2D eigenvalue weighted by Crippen LogP contribution is 2.25. The highest BCUT2D eigenvalue weighted by atomic mass is 35.5. The van der Waals surface area contributed by atoms with Crippen molar-refractivity contribution in [2.45, 2.75) is 19.5 Å². The maximum Gasteiger partial charge on any atom is 0.189 e. The van der Waals surface area contributed by atoms with Crippen molar-refractivity contribution in [2.75, 3.05) is 0 Å². The molecule has 6 nitrogen and oxygen atoms in total. The zero-order valence-electron chi connectivity index (χ0n) is 11.7. The molecule has 0 fully saturated rings. The Morgan fingerprint density at radius 3 is 2.86 bits per heavy atom. The summed E-state index contributed by atoms with van der Waals surface area (Å²) >= 11 is 12.0. The molecule has 1 aromatic carbocycles. The van der Waals surface area contributed by atoms with E-state index >= 15 is 0 Å². The van der Waals surface area contributed by atoms with E-state index in [1.54, 1.807) is 30.2 Å². The van der Waals surface area contributed by atoms with E-state index < -0.39 is 0 Å². The number of nitrogens with two attached hydrogens (primary N) is 1. The van der Waals surface area contributed by atoms with Crippen LogP contribution in [0.4, 0.5) is 0 Å². The fourth-order valence-electron chi connectivity index (χ4n) is 1.81. The van der Waals surface area contributed by atoms with Gasteiger partial charge in [-0.2, -0.15) is 5.10 Å². The molecule has 8 heteroatoms. The SMILES string of the molecule is CC(NC(N)=NCc1ncn(C)n1)c1ccc(Cl)cc1Cl. The molecule has 1 unspecified atom stereocenters. The Labute approximate surface area is 133 Å². The Balaban J connectivity index is 1.99. The summed E-state index contributed by atoms with van der Waals surface area (Å²) < 4.78 is 1.62. The van der Waals surface area contributed by atoms with E-state index in [-0.39, 0.29) is 6.04 Å². The van der Waals surface area contributed by atoms with Crippen molar-refractivity contribution >= 4 is 29.2 Å². The van der Waals surface area contributed by atoms with Crippen LogP contribution >= 0.6 is 23.2 Å². The Morgan fingerprint density at radius 2 is 2.24 bits per heavy atom. The molecule has 0 radical (unpaired) electrons. The standard InChI is InChI=1S/C13H16Cl2N6/c1-8(10-4-3-9(14)5-11(10)15)19-13(16)17-6-12-18-7-21(2)20-12/h3-5,7-8H,6H2,1-2H3,(H3,16,17,19). The maximum absolute atomic E-state index is 6.16. The van der Waals surface area contributed by atoms with Gasteiger partial charge in [-0.05, 0) is 24.6 Å². The highest BCUT2D eigenvalue weighted by molar-refractivity contribution is 6.35. The summed E-state index contributed by atoms with van der Waals surface area (Å²) in [4.78, 5) is 8.27. The number of aliphatic imine (C=N–C) groups is 1. The first-order chi connectivity index (χ1) is 9.95. The molecule has 0 aliphatic heterocycles. The van der Waals surface area contributed by atoms with E-state index in [4.69, 9.17) is 28.9 Å². The molecule has 0 saturated heterocycles. The third-order valence-corrected chi connectivity index (χ3v) is 3.39. The molecule has 0 aliphatic carbocycles. The summed E-state index contributed by atoms with van der Waals surface area (Å²) in [6.07, 6.45) is 1.62. The van der Waals surface area contributed by atoms with Crippen LogP contribution in [0.3, 0.4) is 0 Å². The van der Waals surface area contributed by atoms with Crippen LogP contribution in [0.5, 0.6) is 0 Å². The lowest BCUT2D eigenvalue weighted by Crippen LogP contribution is -2.34. The summed E-state index contributed by atoms with van der Waals surface area (Å²) in [5, 5.41) is 8.38. The van der Waals surface area contributed by atoms with Crippen LogP contribution in [0.1, 0.15) is 24.4 Å². The molecule has 1 heterocycles. The zero-order chi connectivity index (χ0) is 15.4. The van der Waals surface area contributed by atoms with E-state index in [0.717, 1.165) is 5.56 Å². The maximum atomic E-state index is 6.16. The van der Waals surface area contributed by atoms with Gasteiger partial charge >= 0.3 is 0 Å². The minimum absolute atomic E-state index is 0.0878. The van der Waals surface area contributed by atoms with Crippen molar-refractivity contribution in [3.8, 4) is 0 Å². The van der Waals surface area contributed by atoms with Crippen molar-refractivity contribution in [3.63, 3.8) is 0 Å². The zero-order valence-corrected chi connectivity index (χ0v) is 13.2. The average Bonchev–Trinajstić information content (AvgIpc) is 2.82. The normalized spacial score (nSPS) is 13.2. The van der Waals surface area contributed by atoms with Crippen LogP contribution in [0, 0.1) is 0 Å². The van der Waals surface area contributed by atoms with Gasteiger partial charge in [0.2, 0.25) is 0 Å². The third-order valence-electron chi connectivity index (χ3n) is 2.83. The molecule has 2 aromatic rings. The fourth-order valence-corrected chi connectivity index (χ4v) is 2.38. The number of benzene rings is 1. The number of rotatable bonds is 4. The van der Waals surface area contributed by atoms with Crippen molar-refractivity contribution in [1.82, 2.24) is 20.1 Å². The van der Waals surface area contributed by atoms with Crippen molar-refractivity contribution in [3.05, 3.63) is 46.0 Å². The highest BCUT2D eigenvalue weighted by Gasteiger charge is 2.10. The molecule has 0 saturated carbocycles. The van der Waals surface area contributed by atoms with Gasteiger partial charge in [-0.3, -0.25) is 4.68 Å². The van der Waals surface area contributed by atoms with Gasteiger partial charge in [0.05, 0.1) is 6.04 Å². The number of nitrogens with one attached hydrogen (secondary N) is 1. The topological polar surface area (TPSA) is 81.1 Å². The lowest BCUT2D eigenvalue weighted by Gasteiger charge is -2.16. The van der Waals surface area contributed by atoms with E-state index in [0.29, 0.717) is 28.4 Å². The van der Waals surface area contributed by atoms with Crippen LogP contribution in [0.25, 0.3) is 0 Å². The smallest absolute Gasteiger partial charge is 0.189 e. The second kappa shape index (κ2) is 6.78.